The Balaban J connectivity index is 2.34. The molecule has 0 atom stereocenters. The number of aliphatic hydroxyl groups excluding tert-OH is 1. The van der Waals surface area contributed by atoms with Gasteiger partial charge in [-0.25, -0.2) is 4.98 Å². The summed E-state index contributed by atoms with van der Waals surface area (Å²) in [5.74, 6) is 0.673. The third-order valence-corrected chi connectivity index (χ3v) is 2.93. The van der Waals surface area contributed by atoms with Crippen LogP contribution >= 0.6 is 27.5 Å². The molecule has 1 aromatic carbocycles. The SMILES string of the molecule is OCc1nc(-c2ccc(Br)cc2)ns1. The summed E-state index contributed by atoms with van der Waals surface area (Å²) >= 11 is 4.58. The van der Waals surface area contributed by atoms with Crippen molar-refractivity contribution in [2.24, 2.45) is 0 Å². The van der Waals surface area contributed by atoms with Gasteiger partial charge in [0.1, 0.15) is 5.01 Å². The van der Waals surface area contributed by atoms with Crippen molar-refractivity contribution in [1.82, 2.24) is 9.36 Å². The van der Waals surface area contributed by atoms with Crippen molar-refractivity contribution in [1.29, 1.82) is 0 Å². The summed E-state index contributed by atoms with van der Waals surface area (Å²) in [6.45, 7) is -0.0474. The third-order valence-electron chi connectivity index (χ3n) is 1.71. The third kappa shape index (κ3) is 2.00. The van der Waals surface area contributed by atoms with E-state index in [0.29, 0.717) is 10.8 Å². The maximum Gasteiger partial charge on any atom is 0.173 e. The first-order valence-electron chi connectivity index (χ1n) is 3.99. The zero-order valence-electron chi connectivity index (χ0n) is 7.14. The van der Waals surface area contributed by atoms with E-state index in [1.54, 1.807) is 0 Å². The molecule has 0 aliphatic carbocycles. The van der Waals surface area contributed by atoms with Gasteiger partial charge < -0.3 is 5.11 Å². The predicted molar refractivity (Wildman–Crippen MR) is 59.0 cm³/mol. The van der Waals surface area contributed by atoms with Crippen molar-refractivity contribution in [2.75, 3.05) is 0 Å². The highest BCUT2D eigenvalue weighted by Crippen LogP contribution is 2.20. The molecule has 72 valence electrons. The summed E-state index contributed by atoms with van der Waals surface area (Å²) in [6, 6.07) is 7.75. The molecule has 0 fully saturated rings. The zero-order valence-corrected chi connectivity index (χ0v) is 9.55. The van der Waals surface area contributed by atoms with E-state index in [1.165, 1.54) is 11.5 Å². The van der Waals surface area contributed by atoms with E-state index in [0.717, 1.165) is 10.0 Å². The molecule has 1 aromatic heterocycles. The smallest absolute Gasteiger partial charge is 0.173 e. The van der Waals surface area contributed by atoms with E-state index in [1.807, 2.05) is 24.3 Å². The Kier molecular flexibility index (Phi) is 2.90. The minimum absolute atomic E-state index is 0.0474. The van der Waals surface area contributed by atoms with Crippen LogP contribution in [0.25, 0.3) is 11.4 Å². The number of aromatic nitrogens is 2. The minimum Gasteiger partial charge on any atom is -0.389 e. The summed E-state index contributed by atoms with van der Waals surface area (Å²) in [5, 5.41) is 9.48. The Hall–Kier alpha value is -0.780. The van der Waals surface area contributed by atoms with Crippen LogP contribution in [0.1, 0.15) is 5.01 Å². The number of hydrogen-bond donors (Lipinski definition) is 1. The molecule has 2 rings (SSSR count). The number of rotatable bonds is 2. The van der Waals surface area contributed by atoms with Crippen molar-refractivity contribution in [3.8, 4) is 11.4 Å². The molecule has 0 saturated carbocycles. The van der Waals surface area contributed by atoms with Crippen molar-refractivity contribution in [3.05, 3.63) is 33.7 Å². The average molecular weight is 271 g/mol. The normalized spacial score (nSPS) is 10.4. The van der Waals surface area contributed by atoms with E-state index in [9.17, 15) is 0 Å². The second kappa shape index (κ2) is 4.16. The van der Waals surface area contributed by atoms with Crippen LogP contribution in [-0.2, 0) is 6.61 Å². The highest BCUT2D eigenvalue weighted by Gasteiger charge is 2.04. The Morgan fingerprint density at radius 3 is 2.57 bits per heavy atom. The van der Waals surface area contributed by atoms with Gasteiger partial charge in [0.25, 0.3) is 0 Å². The molecule has 0 radical (unpaired) electrons. The Morgan fingerprint density at radius 1 is 1.29 bits per heavy atom. The van der Waals surface area contributed by atoms with E-state index in [2.05, 4.69) is 25.3 Å². The number of benzene rings is 1. The molecule has 5 heteroatoms. The second-order valence-electron chi connectivity index (χ2n) is 2.68. The lowest BCUT2D eigenvalue weighted by Crippen LogP contribution is -1.82. The summed E-state index contributed by atoms with van der Waals surface area (Å²) < 4.78 is 5.17. The lowest BCUT2D eigenvalue weighted by atomic mass is 10.2. The van der Waals surface area contributed by atoms with Gasteiger partial charge in [-0.05, 0) is 23.7 Å². The van der Waals surface area contributed by atoms with Gasteiger partial charge in [0, 0.05) is 10.0 Å². The number of aliphatic hydroxyl groups is 1. The maximum absolute atomic E-state index is 8.84. The molecule has 0 spiro atoms. The Morgan fingerprint density at radius 2 is 2.00 bits per heavy atom. The lowest BCUT2D eigenvalue weighted by molar-refractivity contribution is 0.281. The van der Waals surface area contributed by atoms with E-state index in [4.69, 9.17) is 5.11 Å². The van der Waals surface area contributed by atoms with Gasteiger partial charge in [-0.15, -0.1) is 0 Å². The number of halogens is 1. The molecule has 2 aromatic rings. The molecule has 0 bridgehead atoms. The fourth-order valence-corrected chi connectivity index (χ4v) is 1.82. The van der Waals surface area contributed by atoms with Crippen LogP contribution in [-0.4, -0.2) is 14.5 Å². The summed E-state index contributed by atoms with van der Waals surface area (Å²) in [5.41, 5.74) is 0.962. The average Bonchev–Trinajstić information content (AvgIpc) is 2.67. The van der Waals surface area contributed by atoms with Crippen LogP contribution in [0, 0.1) is 0 Å². The summed E-state index contributed by atoms with van der Waals surface area (Å²) in [4.78, 5) is 4.17. The van der Waals surface area contributed by atoms with Crippen LogP contribution in [0.5, 0.6) is 0 Å². The van der Waals surface area contributed by atoms with E-state index in [-0.39, 0.29) is 6.61 Å². The summed E-state index contributed by atoms with van der Waals surface area (Å²) in [7, 11) is 0. The fourth-order valence-electron chi connectivity index (χ4n) is 1.04. The topological polar surface area (TPSA) is 46.0 Å². The molecule has 1 heterocycles. The van der Waals surface area contributed by atoms with Crippen LogP contribution in [0.15, 0.2) is 28.7 Å². The van der Waals surface area contributed by atoms with Crippen molar-refractivity contribution >= 4 is 27.5 Å². The van der Waals surface area contributed by atoms with Crippen LogP contribution in [0.3, 0.4) is 0 Å². The van der Waals surface area contributed by atoms with Crippen LogP contribution < -0.4 is 0 Å². The van der Waals surface area contributed by atoms with Crippen molar-refractivity contribution < 1.29 is 5.11 Å². The van der Waals surface area contributed by atoms with Gasteiger partial charge in [-0.3, -0.25) is 0 Å². The van der Waals surface area contributed by atoms with E-state index < -0.39 is 0 Å². The van der Waals surface area contributed by atoms with Gasteiger partial charge >= 0.3 is 0 Å². The first-order chi connectivity index (χ1) is 6.79. The number of nitrogens with zero attached hydrogens (tertiary/aromatic N) is 2. The van der Waals surface area contributed by atoms with Gasteiger partial charge in [-0.1, -0.05) is 28.1 Å². The Bertz CT molecular complexity index is 427. The monoisotopic (exact) mass is 270 g/mol. The Labute approximate surface area is 93.7 Å². The standard InChI is InChI=1S/C9H7BrN2OS/c10-7-3-1-6(2-4-7)9-11-8(5-13)14-12-9/h1-4,13H,5H2. The van der Waals surface area contributed by atoms with Gasteiger partial charge in [-0.2, -0.15) is 4.37 Å². The molecule has 0 aliphatic rings. The molecule has 0 saturated heterocycles. The van der Waals surface area contributed by atoms with Crippen molar-refractivity contribution in [2.45, 2.75) is 6.61 Å². The maximum atomic E-state index is 8.84. The van der Waals surface area contributed by atoms with Gasteiger partial charge in [0.2, 0.25) is 0 Å². The van der Waals surface area contributed by atoms with Crippen molar-refractivity contribution in [3.63, 3.8) is 0 Å². The van der Waals surface area contributed by atoms with Gasteiger partial charge in [0.15, 0.2) is 5.82 Å². The molecule has 0 amide bonds. The van der Waals surface area contributed by atoms with Crippen LogP contribution in [0.4, 0.5) is 0 Å². The first-order valence-corrected chi connectivity index (χ1v) is 5.55. The molecular formula is C9H7BrN2OS. The largest absolute Gasteiger partial charge is 0.389 e. The van der Waals surface area contributed by atoms with E-state index >= 15 is 0 Å². The second-order valence-corrected chi connectivity index (χ2v) is 4.43. The molecule has 1 N–H and O–H groups in total. The van der Waals surface area contributed by atoms with Gasteiger partial charge in [0.05, 0.1) is 6.61 Å². The highest BCUT2D eigenvalue weighted by atomic mass is 79.9. The fraction of sp³-hybridized carbons (Fsp3) is 0.111. The minimum atomic E-state index is -0.0474. The summed E-state index contributed by atoms with van der Waals surface area (Å²) in [6.07, 6.45) is 0. The first kappa shape index (κ1) is 9.76. The molecule has 3 nitrogen and oxygen atoms in total. The quantitative estimate of drug-likeness (QED) is 0.912. The predicted octanol–water partition coefficient (Wildman–Crippen LogP) is 2.46. The van der Waals surface area contributed by atoms with Crippen LogP contribution in [0.2, 0.25) is 0 Å². The molecule has 14 heavy (non-hydrogen) atoms. The highest BCUT2D eigenvalue weighted by molar-refractivity contribution is 9.10. The molecular weight excluding hydrogens is 264 g/mol. The number of hydrogen-bond acceptors (Lipinski definition) is 4. The molecule has 0 unspecified atom stereocenters. The molecule has 0 aliphatic heterocycles. The lowest BCUT2D eigenvalue weighted by Gasteiger charge is -1.94. The zero-order chi connectivity index (χ0) is 9.97.